The Kier molecular flexibility index (Phi) is 7.45. The molecule has 0 heterocycles. The molecule has 0 aromatic heterocycles. The quantitative estimate of drug-likeness (QED) is 0.304. The Morgan fingerprint density at radius 1 is 1.09 bits per heavy atom. The van der Waals surface area contributed by atoms with Crippen molar-refractivity contribution in [3.8, 4) is 0 Å². The Morgan fingerprint density at radius 2 is 1.79 bits per heavy atom. The van der Waals surface area contributed by atoms with Crippen molar-refractivity contribution in [3.05, 3.63) is 0 Å². The van der Waals surface area contributed by atoms with E-state index >= 15 is 0 Å². The number of amides is 2. The number of urea groups is 1. The first-order valence-electron chi connectivity index (χ1n) is 13.8. The number of nitrogens with one attached hydrogen (secondary N) is 1. The molecule has 0 unspecified atom stereocenters. The lowest BCUT2D eigenvalue weighted by atomic mass is 9.44. The summed E-state index contributed by atoms with van der Waals surface area (Å²) in [5.41, 5.74) is 9.85. The predicted octanol–water partition coefficient (Wildman–Crippen LogP) is 7.35. The molecule has 0 saturated heterocycles. The van der Waals surface area contributed by atoms with Crippen LogP contribution in [0.1, 0.15) is 105 Å². The highest BCUT2D eigenvalue weighted by molar-refractivity contribution is 6.20. The van der Waals surface area contributed by atoms with Crippen LogP contribution in [0, 0.1) is 52.3 Å². The van der Waals surface area contributed by atoms with Gasteiger partial charge < -0.3 is 5.73 Å². The molecular weight excluding hydrogens is 430 g/mol. The number of alkyl halides is 1. The second kappa shape index (κ2) is 9.70. The first-order valence-corrected chi connectivity index (χ1v) is 14.3. The second-order valence-electron chi connectivity index (χ2n) is 13.1. The highest BCUT2D eigenvalue weighted by atomic mass is 35.5. The molecule has 0 aromatic rings. The van der Waals surface area contributed by atoms with E-state index in [2.05, 4.69) is 45.1 Å². The Bertz CT molecular complexity index is 753. The molecule has 0 aliphatic heterocycles. The van der Waals surface area contributed by atoms with Gasteiger partial charge in [-0.2, -0.15) is 5.10 Å². The van der Waals surface area contributed by atoms with E-state index in [4.69, 9.17) is 17.3 Å². The monoisotopic (exact) mass is 477 g/mol. The van der Waals surface area contributed by atoms with Gasteiger partial charge >= 0.3 is 6.03 Å². The minimum Gasteiger partial charge on any atom is -0.350 e. The Hall–Kier alpha value is -0.770. The lowest BCUT2D eigenvalue weighted by molar-refractivity contribution is -0.0794. The van der Waals surface area contributed by atoms with Crippen molar-refractivity contribution in [2.24, 2.45) is 63.1 Å². The number of hydrazone groups is 1. The topological polar surface area (TPSA) is 67.5 Å². The van der Waals surface area contributed by atoms with Gasteiger partial charge in [-0.1, -0.05) is 53.9 Å². The number of hydrogen-bond donors (Lipinski definition) is 2. The van der Waals surface area contributed by atoms with E-state index < -0.39 is 6.03 Å². The van der Waals surface area contributed by atoms with Crippen LogP contribution in [0.5, 0.6) is 0 Å². The molecular formula is C28H48ClN3O. The molecule has 3 N–H and O–H groups in total. The summed E-state index contributed by atoms with van der Waals surface area (Å²) in [6.45, 7) is 12.4. The van der Waals surface area contributed by atoms with E-state index in [1.165, 1.54) is 57.1 Å². The molecule has 4 aliphatic rings. The molecule has 9 atom stereocenters. The zero-order valence-electron chi connectivity index (χ0n) is 21.7. The van der Waals surface area contributed by atoms with Gasteiger partial charge in [0.15, 0.2) is 0 Å². The average molecular weight is 478 g/mol. The van der Waals surface area contributed by atoms with Gasteiger partial charge in [0.2, 0.25) is 0 Å². The average Bonchev–Trinajstić information content (AvgIpc) is 3.10. The van der Waals surface area contributed by atoms with Crippen molar-refractivity contribution in [2.75, 3.05) is 0 Å². The molecule has 4 saturated carbocycles. The van der Waals surface area contributed by atoms with E-state index in [9.17, 15) is 4.79 Å². The van der Waals surface area contributed by atoms with Gasteiger partial charge in [-0.25, -0.2) is 10.2 Å². The Labute approximate surface area is 207 Å². The fraction of sp³-hybridized carbons (Fsp3) is 0.929. The molecule has 4 rings (SSSR count). The number of nitrogens with two attached hydrogens (primary N) is 1. The maximum atomic E-state index is 11.5. The molecule has 5 heteroatoms. The van der Waals surface area contributed by atoms with Crippen molar-refractivity contribution in [3.63, 3.8) is 0 Å². The van der Waals surface area contributed by atoms with Crippen molar-refractivity contribution >= 4 is 23.3 Å². The summed E-state index contributed by atoms with van der Waals surface area (Å²) in [6.07, 6.45) is 13.9. The number of halogens is 1. The van der Waals surface area contributed by atoms with E-state index in [-0.39, 0.29) is 10.8 Å². The molecule has 33 heavy (non-hydrogen) atoms. The maximum absolute atomic E-state index is 11.5. The highest BCUT2D eigenvalue weighted by Gasteiger charge is 2.61. The minimum atomic E-state index is -0.561. The standard InChI is InChI=1S/C28H48ClN3O/c1-17(2)7-6-8-18(3)21-9-10-22-20-16-25(31-32-26(30)33)24-15-19(29)11-13-28(24,5)23(20)12-14-27(21,22)4/h17-24H,6-16H2,1-5H3,(H3,30,32,33)/b31-25+/t18-,19+,20+,21-,22+,23+,24-,27-,28-/m1/s1. The highest BCUT2D eigenvalue weighted by Crippen LogP contribution is 2.68. The smallest absolute Gasteiger partial charge is 0.332 e. The Balaban J connectivity index is 1.57. The van der Waals surface area contributed by atoms with E-state index in [0.717, 1.165) is 48.9 Å². The second-order valence-corrected chi connectivity index (χ2v) is 13.7. The molecule has 4 nitrogen and oxygen atoms in total. The third-order valence-corrected chi connectivity index (χ3v) is 11.3. The van der Waals surface area contributed by atoms with Gasteiger partial charge in [0.1, 0.15) is 0 Å². The SMILES string of the molecule is CC(C)CCC[C@@H](C)[C@H]1CC[C@H]2[C@@H]3C/C(=N\NC(N)=O)[C@H]4C[C@@H](Cl)CC[C@]4(C)[C@H]3CC[C@]12C. The van der Waals surface area contributed by atoms with Crippen LogP contribution in [-0.4, -0.2) is 17.1 Å². The number of carbonyl (C=O) groups excluding carboxylic acids is 1. The van der Waals surface area contributed by atoms with Crippen LogP contribution in [0.15, 0.2) is 5.10 Å². The molecule has 2 amide bonds. The molecule has 0 aromatic carbocycles. The number of carbonyl (C=O) groups is 1. The van der Waals surface area contributed by atoms with Gasteiger partial charge in [-0.15, -0.1) is 11.6 Å². The summed E-state index contributed by atoms with van der Waals surface area (Å²) in [5, 5.41) is 4.84. The fourth-order valence-corrected chi connectivity index (χ4v) is 9.58. The number of fused-ring (bicyclic) bond motifs is 5. The summed E-state index contributed by atoms with van der Waals surface area (Å²) in [4.78, 5) is 11.5. The fourth-order valence-electron chi connectivity index (χ4n) is 9.29. The number of primary amides is 1. The van der Waals surface area contributed by atoms with Crippen LogP contribution in [0.4, 0.5) is 4.79 Å². The number of nitrogens with zero attached hydrogens (tertiary/aromatic N) is 1. The summed E-state index contributed by atoms with van der Waals surface area (Å²) >= 11 is 6.66. The summed E-state index contributed by atoms with van der Waals surface area (Å²) in [5.74, 6) is 5.07. The zero-order chi connectivity index (χ0) is 24.0. The lowest BCUT2D eigenvalue weighted by Gasteiger charge is -2.61. The molecule has 4 fully saturated rings. The van der Waals surface area contributed by atoms with Gasteiger partial charge in [0, 0.05) is 17.0 Å². The molecule has 0 spiro atoms. The number of rotatable bonds is 6. The lowest BCUT2D eigenvalue weighted by Crippen LogP contribution is -2.57. The largest absolute Gasteiger partial charge is 0.350 e. The van der Waals surface area contributed by atoms with Gasteiger partial charge in [-0.05, 0) is 97.7 Å². The van der Waals surface area contributed by atoms with Crippen molar-refractivity contribution in [2.45, 2.75) is 111 Å². The Morgan fingerprint density at radius 3 is 2.48 bits per heavy atom. The van der Waals surface area contributed by atoms with Gasteiger partial charge in [0.05, 0.1) is 0 Å². The summed E-state index contributed by atoms with van der Waals surface area (Å²) < 4.78 is 0. The normalized spacial score (nSPS) is 44.8. The van der Waals surface area contributed by atoms with Crippen molar-refractivity contribution in [1.82, 2.24) is 5.43 Å². The van der Waals surface area contributed by atoms with Crippen LogP contribution in [0.25, 0.3) is 0 Å². The maximum Gasteiger partial charge on any atom is 0.332 e. The molecule has 4 aliphatic carbocycles. The van der Waals surface area contributed by atoms with Crippen LogP contribution in [0.3, 0.4) is 0 Å². The molecule has 0 radical (unpaired) electrons. The molecule has 0 bridgehead atoms. The first-order chi connectivity index (χ1) is 15.6. The van der Waals surface area contributed by atoms with Crippen LogP contribution in [0.2, 0.25) is 0 Å². The summed E-state index contributed by atoms with van der Waals surface area (Å²) in [7, 11) is 0. The van der Waals surface area contributed by atoms with E-state index in [0.29, 0.717) is 17.3 Å². The van der Waals surface area contributed by atoms with E-state index in [1.807, 2.05) is 0 Å². The van der Waals surface area contributed by atoms with Crippen molar-refractivity contribution in [1.29, 1.82) is 0 Å². The van der Waals surface area contributed by atoms with Crippen LogP contribution >= 0.6 is 11.6 Å². The van der Waals surface area contributed by atoms with Crippen LogP contribution < -0.4 is 11.2 Å². The predicted molar refractivity (Wildman–Crippen MR) is 138 cm³/mol. The van der Waals surface area contributed by atoms with Crippen molar-refractivity contribution < 1.29 is 4.79 Å². The van der Waals surface area contributed by atoms with Gasteiger partial charge in [0.25, 0.3) is 0 Å². The number of hydrogen-bond acceptors (Lipinski definition) is 2. The third-order valence-electron chi connectivity index (χ3n) is 10.9. The van der Waals surface area contributed by atoms with Gasteiger partial charge in [-0.3, -0.25) is 0 Å². The third kappa shape index (κ3) is 4.71. The van der Waals surface area contributed by atoms with Crippen LogP contribution in [-0.2, 0) is 0 Å². The minimum absolute atomic E-state index is 0.217. The summed E-state index contributed by atoms with van der Waals surface area (Å²) in [6, 6.07) is -0.561. The van der Waals surface area contributed by atoms with E-state index in [1.54, 1.807) is 0 Å². The molecule has 188 valence electrons. The first kappa shape index (κ1) is 25.3. The zero-order valence-corrected chi connectivity index (χ0v) is 22.5.